The molecule has 0 saturated heterocycles. The lowest BCUT2D eigenvalue weighted by Gasteiger charge is -2.62. The number of hydrogen-bond acceptors (Lipinski definition) is 3. The van der Waals surface area contributed by atoms with E-state index < -0.39 is 5.97 Å². The van der Waals surface area contributed by atoms with E-state index in [1.54, 1.807) is 0 Å². The predicted molar refractivity (Wildman–Crippen MR) is 109 cm³/mol. The van der Waals surface area contributed by atoms with Gasteiger partial charge in [-0.05, 0) is 104 Å². The Kier molecular flexibility index (Phi) is 5.36. The minimum atomic E-state index is -0.677. The fraction of sp³-hybridized carbons (Fsp3) is 0.958. The summed E-state index contributed by atoms with van der Waals surface area (Å²) >= 11 is 0. The highest BCUT2D eigenvalue weighted by molar-refractivity contribution is 5.66. The van der Waals surface area contributed by atoms with E-state index in [1.165, 1.54) is 25.7 Å². The average molecular weight is 393 g/mol. The number of aliphatic carboxylic acids is 1. The summed E-state index contributed by atoms with van der Waals surface area (Å²) in [5.41, 5.74) is 0.478. The first kappa shape index (κ1) is 20.7. The van der Waals surface area contributed by atoms with Crippen molar-refractivity contribution < 1.29 is 20.1 Å². The molecule has 0 spiro atoms. The second-order valence-electron chi connectivity index (χ2n) is 11.4. The van der Waals surface area contributed by atoms with Gasteiger partial charge in [-0.1, -0.05) is 20.8 Å². The molecule has 4 fully saturated rings. The Morgan fingerprint density at radius 1 is 0.964 bits per heavy atom. The maximum Gasteiger partial charge on any atom is 0.303 e. The highest BCUT2D eigenvalue weighted by Crippen LogP contribution is 2.68. The van der Waals surface area contributed by atoms with Gasteiger partial charge in [0.25, 0.3) is 0 Å². The van der Waals surface area contributed by atoms with Crippen LogP contribution in [0.2, 0.25) is 0 Å². The third kappa shape index (κ3) is 3.14. The number of carboxylic acid groups (broad SMARTS) is 1. The molecule has 4 rings (SSSR count). The number of carbonyl (C=O) groups is 1. The van der Waals surface area contributed by atoms with Gasteiger partial charge in [-0.15, -0.1) is 0 Å². The van der Waals surface area contributed by atoms with Crippen molar-refractivity contribution in [2.45, 2.75) is 97.2 Å². The summed E-state index contributed by atoms with van der Waals surface area (Å²) in [6.07, 6.45) is 9.16. The summed E-state index contributed by atoms with van der Waals surface area (Å²) in [5, 5.41) is 30.4. The minimum Gasteiger partial charge on any atom is -0.481 e. The Morgan fingerprint density at radius 2 is 1.64 bits per heavy atom. The Morgan fingerprint density at radius 3 is 2.36 bits per heavy atom. The molecule has 10 atom stereocenters. The average Bonchev–Trinajstić information content (AvgIpc) is 2.99. The zero-order chi connectivity index (χ0) is 20.3. The van der Waals surface area contributed by atoms with Crippen LogP contribution in [0.5, 0.6) is 0 Å². The molecule has 0 bridgehead atoms. The van der Waals surface area contributed by atoms with E-state index in [-0.39, 0.29) is 30.0 Å². The lowest BCUT2D eigenvalue weighted by Crippen LogP contribution is -2.58. The van der Waals surface area contributed by atoms with Gasteiger partial charge in [-0.2, -0.15) is 0 Å². The van der Waals surface area contributed by atoms with Gasteiger partial charge in [0.15, 0.2) is 0 Å². The van der Waals surface area contributed by atoms with Gasteiger partial charge in [0, 0.05) is 6.42 Å². The Labute approximate surface area is 170 Å². The number of hydrogen-bond donors (Lipinski definition) is 3. The van der Waals surface area contributed by atoms with Crippen molar-refractivity contribution >= 4 is 5.97 Å². The Hall–Kier alpha value is -0.610. The van der Waals surface area contributed by atoms with Crippen LogP contribution in [-0.2, 0) is 4.79 Å². The van der Waals surface area contributed by atoms with E-state index in [1.807, 2.05) is 0 Å². The van der Waals surface area contributed by atoms with E-state index in [9.17, 15) is 15.0 Å². The minimum absolute atomic E-state index is 0.176. The highest BCUT2D eigenvalue weighted by atomic mass is 16.4. The molecule has 4 aliphatic rings. The first-order valence-corrected chi connectivity index (χ1v) is 11.7. The van der Waals surface area contributed by atoms with Crippen molar-refractivity contribution in [2.75, 3.05) is 0 Å². The SMILES string of the molecule is C[C@H](CCC(=O)O)[C@H]1CC[C@H]2[C@@H]3C[C@@H](O)[C@@H]4C[C@H](O)CC[C@]4(C)[C@H]3CC[C@]12C. The standard InChI is InChI=1S/C24H40O4/c1-14(4-7-22(27)28)17-5-6-18-16-13-21(26)20-12-15(25)8-10-24(20,3)19(16)9-11-23(17,18)2/h14-21,25-26H,4-13H2,1-3H3,(H,27,28)/t14-,15-,16+,17-,18+,19+,20+,21-,23-,24-/m1/s1. The molecule has 0 aromatic rings. The van der Waals surface area contributed by atoms with Gasteiger partial charge < -0.3 is 15.3 Å². The molecule has 0 unspecified atom stereocenters. The Bertz CT molecular complexity index is 605. The Balaban J connectivity index is 1.55. The maximum absolute atomic E-state index is 11.1. The summed E-state index contributed by atoms with van der Waals surface area (Å²) in [6.45, 7) is 7.16. The first-order chi connectivity index (χ1) is 13.2. The van der Waals surface area contributed by atoms with Crippen LogP contribution in [0.1, 0.15) is 85.0 Å². The van der Waals surface area contributed by atoms with Crippen LogP contribution in [0.15, 0.2) is 0 Å². The van der Waals surface area contributed by atoms with Gasteiger partial charge in [0.05, 0.1) is 12.2 Å². The molecule has 160 valence electrons. The molecule has 4 saturated carbocycles. The third-order valence-electron chi connectivity index (χ3n) is 10.2. The summed E-state index contributed by atoms with van der Waals surface area (Å²) in [6, 6.07) is 0. The number of fused-ring (bicyclic) bond motifs is 5. The molecular formula is C24H40O4. The van der Waals surface area contributed by atoms with Crippen LogP contribution in [0.25, 0.3) is 0 Å². The second-order valence-corrected chi connectivity index (χ2v) is 11.4. The zero-order valence-electron chi connectivity index (χ0n) is 17.9. The van der Waals surface area contributed by atoms with Gasteiger partial charge in [-0.3, -0.25) is 4.79 Å². The number of aliphatic hydroxyl groups is 2. The molecule has 0 aromatic heterocycles. The van der Waals surface area contributed by atoms with Crippen LogP contribution in [0.4, 0.5) is 0 Å². The zero-order valence-corrected chi connectivity index (χ0v) is 17.9. The van der Waals surface area contributed by atoms with E-state index in [4.69, 9.17) is 5.11 Å². The highest BCUT2D eigenvalue weighted by Gasteiger charge is 2.62. The molecular weight excluding hydrogens is 352 g/mol. The monoisotopic (exact) mass is 392 g/mol. The fourth-order valence-electron chi connectivity index (χ4n) is 8.81. The second kappa shape index (κ2) is 7.27. The molecule has 4 heteroatoms. The van der Waals surface area contributed by atoms with E-state index in [0.29, 0.717) is 35.0 Å². The largest absolute Gasteiger partial charge is 0.481 e. The number of rotatable bonds is 4. The molecule has 28 heavy (non-hydrogen) atoms. The van der Waals surface area contributed by atoms with Crippen LogP contribution in [0.3, 0.4) is 0 Å². The normalized spacial score (nSPS) is 51.7. The molecule has 4 aliphatic carbocycles. The summed E-state index contributed by atoms with van der Waals surface area (Å²) < 4.78 is 0. The van der Waals surface area contributed by atoms with Crippen LogP contribution < -0.4 is 0 Å². The molecule has 0 amide bonds. The third-order valence-corrected chi connectivity index (χ3v) is 10.2. The summed E-state index contributed by atoms with van der Waals surface area (Å²) in [4.78, 5) is 11.1. The molecule has 0 radical (unpaired) electrons. The van der Waals surface area contributed by atoms with E-state index in [2.05, 4.69) is 20.8 Å². The number of carboxylic acids is 1. The van der Waals surface area contributed by atoms with Crippen molar-refractivity contribution in [3.05, 3.63) is 0 Å². The van der Waals surface area contributed by atoms with E-state index >= 15 is 0 Å². The van der Waals surface area contributed by atoms with Gasteiger partial charge in [0.2, 0.25) is 0 Å². The lowest BCUT2D eigenvalue weighted by atomic mass is 9.44. The molecule has 3 N–H and O–H groups in total. The summed E-state index contributed by atoms with van der Waals surface area (Å²) in [7, 11) is 0. The smallest absolute Gasteiger partial charge is 0.303 e. The lowest BCUT2D eigenvalue weighted by molar-refractivity contribution is -0.172. The van der Waals surface area contributed by atoms with Crippen LogP contribution >= 0.6 is 0 Å². The quantitative estimate of drug-likeness (QED) is 0.659. The van der Waals surface area contributed by atoms with Gasteiger partial charge in [-0.25, -0.2) is 0 Å². The van der Waals surface area contributed by atoms with Crippen molar-refractivity contribution in [1.29, 1.82) is 0 Å². The van der Waals surface area contributed by atoms with Crippen LogP contribution in [0, 0.1) is 46.3 Å². The van der Waals surface area contributed by atoms with Gasteiger partial charge in [0.1, 0.15) is 0 Å². The predicted octanol–water partition coefficient (Wildman–Crippen LogP) is 4.48. The number of aliphatic hydroxyl groups excluding tert-OH is 2. The van der Waals surface area contributed by atoms with Gasteiger partial charge >= 0.3 is 5.97 Å². The first-order valence-electron chi connectivity index (χ1n) is 11.7. The molecule has 0 aliphatic heterocycles. The summed E-state index contributed by atoms with van der Waals surface area (Å²) in [5.74, 6) is 2.61. The molecule has 0 aromatic carbocycles. The van der Waals surface area contributed by atoms with Crippen molar-refractivity contribution in [3.8, 4) is 0 Å². The topological polar surface area (TPSA) is 77.8 Å². The van der Waals surface area contributed by atoms with Crippen molar-refractivity contribution in [1.82, 2.24) is 0 Å². The van der Waals surface area contributed by atoms with Crippen molar-refractivity contribution in [2.24, 2.45) is 46.3 Å². The van der Waals surface area contributed by atoms with Crippen LogP contribution in [-0.4, -0.2) is 33.5 Å². The van der Waals surface area contributed by atoms with E-state index in [0.717, 1.165) is 32.1 Å². The fourth-order valence-corrected chi connectivity index (χ4v) is 8.81. The molecule has 4 nitrogen and oxygen atoms in total. The van der Waals surface area contributed by atoms with Crippen molar-refractivity contribution in [3.63, 3.8) is 0 Å². The maximum atomic E-state index is 11.1. The molecule has 0 heterocycles.